The molecule has 0 aliphatic heterocycles. The Morgan fingerprint density at radius 1 is 1.22 bits per heavy atom. The second-order valence-electron chi connectivity index (χ2n) is 6.46. The molecule has 27 heavy (non-hydrogen) atoms. The number of nitrogens with one attached hydrogen (secondary N) is 1. The summed E-state index contributed by atoms with van der Waals surface area (Å²) in [6.45, 7) is 3.13. The molecule has 1 amide bonds. The Morgan fingerprint density at radius 3 is 2.52 bits per heavy atom. The third-order valence-electron chi connectivity index (χ3n) is 3.91. The molecule has 0 fully saturated rings. The number of primary amides is 1. The molecule has 0 saturated heterocycles. The van der Waals surface area contributed by atoms with Crippen molar-refractivity contribution in [1.82, 2.24) is 4.98 Å². The summed E-state index contributed by atoms with van der Waals surface area (Å²) in [5.41, 5.74) is 5.13. The summed E-state index contributed by atoms with van der Waals surface area (Å²) >= 11 is 1.12. The van der Waals surface area contributed by atoms with Crippen molar-refractivity contribution >= 4 is 28.1 Å². The van der Waals surface area contributed by atoms with Crippen molar-refractivity contribution in [3.63, 3.8) is 0 Å². The van der Waals surface area contributed by atoms with E-state index in [9.17, 15) is 18.7 Å². The quantitative estimate of drug-likeness (QED) is 0.611. The van der Waals surface area contributed by atoms with Crippen LogP contribution in [0.5, 0.6) is 0 Å². The fourth-order valence-electron chi connectivity index (χ4n) is 2.46. The van der Waals surface area contributed by atoms with E-state index in [1.54, 1.807) is 26.0 Å². The molecule has 3 rings (SSSR count). The summed E-state index contributed by atoms with van der Waals surface area (Å²) in [6.07, 6.45) is 1.04. The molecular formula is C19H17F2N3O2S. The summed E-state index contributed by atoms with van der Waals surface area (Å²) in [5, 5.41) is 13.3. The summed E-state index contributed by atoms with van der Waals surface area (Å²) in [5.74, 6) is -1.38. The summed E-state index contributed by atoms with van der Waals surface area (Å²) in [7, 11) is 0. The minimum atomic E-state index is -1.17. The van der Waals surface area contributed by atoms with Crippen molar-refractivity contribution in [3.05, 3.63) is 65.4 Å². The van der Waals surface area contributed by atoms with Crippen LogP contribution in [0.1, 0.15) is 29.8 Å². The number of amides is 1. The second-order valence-corrected chi connectivity index (χ2v) is 7.51. The van der Waals surface area contributed by atoms with Crippen LogP contribution < -0.4 is 11.1 Å². The number of nitrogens with two attached hydrogens (primary N) is 1. The van der Waals surface area contributed by atoms with Crippen LogP contribution in [0.25, 0.3) is 10.4 Å². The van der Waals surface area contributed by atoms with Crippen LogP contribution in [0, 0.1) is 11.6 Å². The van der Waals surface area contributed by atoms with Crippen molar-refractivity contribution in [1.29, 1.82) is 0 Å². The number of carbonyl (C=O) groups excluding carboxylic acids is 1. The average molecular weight is 389 g/mol. The maximum atomic E-state index is 14.6. The number of aliphatic hydroxyl groups is 1. The van der Waals surface area contributed by atoms with E-state index in [0.29, 0.717) is 21.3 Å². The number of aromatic nitrogens is 1. The molecule has 0 aliphatic rings. The van der Waals surface area contributed by atoms with E-state index in [-0.39, 0.29) is 11.1 Å². The lowest BCUT2D eigenvalue weighted by Crippen LogP contribution is -2.15. The van der Waals surface area contributed by atoms with E-state index in [4.69, 9.17) is 5.73 Å². The van der Waals surface area contributed by atoms with E-state index < -0.39 is 23.1 Å². The molecule has 0 radical (unpaired) electrons. The van der Waals surface area contributed by atoms with E-state index in [1.807, 2.05) is 0 Å². The van der Waals surface area contributed by atoms with Gasteiger partial charge in [0, 0.05) is 10.4 Å². The molecule has 0 unspecified atom stereocenters. The summed E-state index contributed by atoms with van der Waals surface area (Å²) in [4.78, 5) is 16.1. The van der Waals surface area contributed by atoms with Crippen LogP contribution in [0.15, 0.2) is 42.6 Å². The highest BCUT2D eigenvalue weighted by Crippen LogP contribution is 2.38. The summed E-state index contributed by atoms with van der Waals surface area (Å²) < 4.78 is 27.6. The molecule has 0 atom stereocenters. The van der Waals surface area contributed by atoms with Gasteiger partial charge in [-0.15, -0.1) is 11.3 Å². The first kappa shape index (κ1) is 18.9. The van der Waals surface area contributed by atoms with Gasteiger partial charge < -0.3 is 16.2 Å². The lowest BCUT2D eigenvalue weighted by atomic mass is 9.96. The van der Waals surface area contributed by atoms with Gasteiger partial charge in [0.25, 0.3) is 5.91 Å². The number of benzene rings is 1. The number of thiophene rings is 1. The van der Waals surface area contributed by atoms with E-state index in [0.717, 1.165) is 17.5 Å². The zero-order valence-corrected chi connectivity index (χ0v) is 15.4. The van der Waals surface area contributed by atoms with Gasteiger partial charge in [0.05, 0.1) is 17.4 Å². The van der Waals surface area contributed by atoms with Gasteiger partial charge in [-0.25, -0.2) is 13.8 Å². The van der Waals surface area contributed by atoms with Crippen LogP contribution in [-0.4, -0.2) is 16.0 Å². The molecular weight excluding hydrogens is 372 g/mol. The average Bonchev–Trinajstić information content (AvgIpc) is 3.00. The Bertz CT molecular complexity index is 995. The topological polar surface area (TPSA) is 88.2 Å². The summed E-state index contributed by atoms with van der Waals surface area (Å²) in [6, 6.07) is 8.55. The predicted molar refractivity (Wildman–Crippen MR) is 101 cm³/mol. The van der Waals surface area contributed by atoms with Crippen molar-refractivity contribution < 1.29 is 18.7 Å². The maximum absolute atomic E-state index is 14.6. The largest absolute Gasteiger partial charge is 0.386 e. The highest BCUT2D eigenvalue weighted by Gasteiger charge is 2.21. The number of hydrogen-bond acceptors (Lipinski definition) is 5. The molecule has 0 bridgehead atoms. The number of anilines is 2. The third kappa shape index (κ3) is 4.12. The number of nitrogens with zero attached hydrogens (tertiary/aromatic N) is 1. The fraction of sp³-hybridized carbons (Fsp3) is 0.158. The highest BCUT2D eigenvalue weighted by atomic mass is 32.1. The van der Waals surface area contributed by atoms with E-state index >= 15 is 0 Å². The normalized spacial score (nSPS) is 11.4. The van der Waals surface area contributed by atoms with Crippen LogP contribution >= 0.6 is 11.3 Å². The predicted octanol–water partition coefficient (Wildman–Crippen LogP) is 4.16. The third-order valence-corrected chi connectivity index (χ3v) is 4.99. The fourth-order valence-corrected chi connectivity index (χ4v) is 3.56. The molecule has 8 heteroatoms. The van der Waals surface area contributed by atoms with Crippen LogP contribution in [-0.2, 0) is 5.60 Å². The van der Waals surface area contributed by atoms with Crippen LogP contribution in [0.2, 0.25) is 0 Å². The Morgan fingerprint density at radius 2 is 1.96 bits per heavy atom. The van der Waals surface area contributed by atoms with E-state index in [1.165, 1.54) is 24.3 Å². The number of hydrogen-bond donors (Lipinski definition) is 3. The minimum absolute atomic E-state index is 0.173. The van der Waals surface area contributed by atoms with E-state index in [2.05, 4.69) is 10.3 Å². The molecule has 1 aromatic carbocycles. The van der Waals surface area contributed by atoms with Crippen molar-refractivity contribution in [2.24, 2.45) is 5.73 Å². The van der Waals surface area contributed by atoms with Gasteiger partial charge in [-0.1, -0.05) is 12.1 Å². The van der Waals surface area contributed by atoms with Crippen molar-refractivity contribution in [3.8, 4) is 10.4 Å². The first-order valence-electron chi connectivity index (χ1n) is 8.00. The van der Waals surface area contributed by atoms with Crippen molar-refractivity contribution in [2.75, 3.05) is 5.32 Å². The first-order chi connectivity index (χ1) is 12.6. The Balaban J connectivity index is 2.00. The van der Waals surface area contributed by atoms with Gasteiger partial charge in [0.2, 0.25) is 0 Å². The lowest BCUT2D eigenvalue weighted by molar-refractivity contribution is 0.0782. The Kier molecular flexibility index (Phi) is 4.95. The molecule has 0 aliphatic carbocycles. The number of halogens is 2. The molecule has 2 heterocycles. The van der Waals surface area contributed by atoms with Gasteiger partial charge in [-0.3, -0.25) is 4.79 Å². The molecule has 0 saturated carbocycles. The number of pyridine rings is 1. The van der Waals surface area contributed by atoms with Gasteiger partial charge in [0.15, 0.2) is 0 Å². The van der Waals surface area contributed by atoms with Crippen molar-refractivity contribution in [2.45, 2.75) is 19.4 Å². The molecule has 2 aromatic heterocycles. The molecule has 3 aromatic rings. The SMILES string of the molecule is CC(C)(O)c1ccc(-c2cc(C(N)=O)c(Nc3ccc(F)cn3)s2)c(F)c1. The van der Waals surface area contributed by atoms with Gasteiger partial charge in [-0.05, 0) is 43.7 Å². The smallest absolute Gasteiger partial charge is 0.251 e. The lowest BCUT2D eigenvalue weighted by Gasteiger charge is -2.18. The highest BCUT2D eigenvalue weighted by molar-refractivity contribution is 7.19. The number of carbonyl (C=O) groups is 1. The zero-order chi connectivity index (χ0) is 19.8. The zero-order valence-electron chi connectivity index (χ0n) is 14.6. The molecule has 0 spiro atoms. The van der Waals surface area contributed by atoms with Gasteiger partial charge >= 0.3 is 0 Å². The van der Waals surface area contributed by atoms with Crippen LogP contribution in [0.4, 0.5) is 19.6 Å². The minimum Gasteiger partial charge on any atom is -0.386 e. The standard InChI is InChI=1S/C19H17F2N3O2S/c1-19(2,26)10-3-5-12(14(21)7-10)15-8-13(17(22)25)18(27-15)24-16-6-4-11(20)9-23-16/h3-9,26H,1-2H3,(H2,22,25)(H,23,24). The molecule has 5 nitrogen and oxygen atoms in total. The monoisotopic (exact) mass is 389 g/mol. The first-order valence-corrected chi connectivity index (χ1v) is 8.82. The van der Waals surface area contributed by atoms with Crippen LogP contribution in [0.3, 0.4) is 0 Å². The second kappa shape index (κ2) is 7.05. The Hall–Kier alpha value is -2.84. The van der Waals surface area contributed by atoms with Gasteiger partial charge in [0.1, 0.15) is 22.5 Å². The molecule has 140 valence electrons. The maximum Gasteiger partial charge on any atom is 0.251 e. The Labute approximate surface area is 158 Å². The number of rotatable bonds is 5. The molecule has 4 N–H and O–H groups in total. The van der Waals surface area contributed by atoms with Gasteiger partial charge in [-0.2, -0.15) is 0 Å².